The Kier molecular flexibility index (Phi) is 6.66. The molecular weight excluding hydrogens is 376 g/mol. The van der Waals surface area contributed by atoms with Gasteiger partial charge in [0.05, 0.1) is 16.4 Å². The van der Waals surface area contributed by atoms with Gasteiger partial charge in [-0.3, -0.25) is 14.0 Å². The van der Waals surface area contributed by atoms with E-state index in [1.54, 1.807) is 16.5 Å². The number of aryl methyl sites for hydroxylation is 1. The predicted molar refractivity (Wildman–Crippen MR) is 111 cm³/mol. The first-order valence-electron chi connectivity index (χ1n) is 9.32. The molecule has 0 radical (unpaired) electrons. The molecule has 7 heteroatoms. The highest BCUT2D eigenvalue weighted by atomic mass is 35.5. The van der Waals surface area contributed by atoms with Gasteiger partial charge in [-0.25, -0.2) is 4.98 Å². The van der Waals surface area contributed by atoms with E-state index < -0.39 is 0 Å². The predicted octanol–water partition coefficient (Wildman–Crippen LogP) is 4.23. The van der Waals surface area contributed by atoms with Gasteiger partial charge in [-0.15, -0.1) is 0 Å². The van der Waals surface area contributed by atoms with Crippen molar-refractivity contribution in [3.05, 3.63) is 65.1 Å². The lowest BCUT2D eigenvalue weighted by Gasteiger charge is -2.08. The number of rotatable bonds is 8. The largest absolute Gasteiger partial charge is 0.351 e. The number of para-hydroxylation sites is 1. The molecule has 0 unspecified atom stereocenters. The summed E-state index contributed by atoms with van der Waals surface area (Å²) in [5.41, 5.74) is 2.66. The van der Waals surface area contributed by atoms with Gasteiger partial charge in [-0.05, 0) is 44.0 Å². The summed E-state index contributed by atoms with van der Waals surface area (Å²) in [7, 11) is 0. The molecule has 0 aliphatic carbocycles. The van der Waals surface area contributed by atoms with Gasteiger partial charge in [0, 0.05) is 19.2 Å². The third-order valence-electron chi connectivity index (χ3n) is 4.43. The van der Waals surface area contributed by atoms with E-state index in [1.165, 1.54) is 0 Å². The number of fused-ring (bicyclic) bond motifs is 1. The summed E-state index contributed by atoms with van der Waals surface area (Å²) in [5.74, 6) is -0.189. The Labute approximate surface area is 168 Å². The molecular formula is C21H23ClN4O2. The molecule has 2 heterocycles. The lowest BCUT2D eigenvalue weighted by molar-refractivity contribution is -0.116. The fourth-order valence-corrected chi connectivity index (χ4v) is 3.22. The monoisotopic (exact) mass is 398 g/mol. The number of anilines is 1. The van der Waals surface area contributed by atoms with Crippen LogP contribution in [0.3, 0.4) is 0 Å². The van der Waals surface area contributed by atoms with Crippen molar-refractivity contribution >= 4 is 34.7 Å². The van der Waals surface area contributed by atoms with Crippen LogP contribution >= 0.6 is 11.6 Å². The lowest BCUT2D eigenvalue weighted by Crippen LogP contribution is -2.26. The maximum atomic E-state index is 12.5. The number of carbonyl (C=O) groups excluding carboxylic acids is 2. The standard InChI is InChI=1S/C21H23ClN4O2/c1-15-20(26-14-8-6-11-18(26)24-15)21(28)23-13-7-2-3-12-19(27)25-17-10-5-4-9-16(17)22/h4-6,8-11,14H,2-3,7,12-13H2,1H3,(H,23,28)(H,25,27). The summed E-state index contributed by atoms with van der Waals surface area (Å²) >= 11 is 6.03. The van der Waals surface area contributed by atoms with Crippen molar-refractivity contribution in [2.75, 3.05) is 11.9 Å². The summed E-state index contributed by atoms with van der Waals surface area (Å²) in [6, 6.07) is 12.8. The van der Waals surface area contributed by atoms with Crippen LogP contribution in [-0.2, 0) is 4.79 Å². The van der Waals surface area contributed by atoms with Crippen LogP contribution in [0.25, 0.3) is 5.65 Å². The maximum absolute atomic E-state index is 12.5. The average molecular weight is 399 g/mol. The zero-order valence-corrected chi connectivity index (χ0v) is 16.5. The molecule has 146 valence electrons. The second kappa shape index (κ2) is 9.37. The van der Waals surface area contributed by atoms with Crippen LogP contribution in [0, 0.1) is 6.92 Å². The smallest absolute Gasteiger partial charge is 0.270 e. The highest BCUT2D eigenvalue weighted by Crippen LogP contribution is 2.20. The van der Waals surface area contributed by atoms with Crippen LogP contribution in [0.2, 0.25) is 5.02 Å². The van der Waals surface area contributed by atoms with Crippen molar-refractivity contribution in [2.24, 2.45) is 0 Å². The molecule has 0 aliphatic heterocycles. The van der Waals surface area contributed by atoms with E-state index in [4.69, 9.17) is 11.6 Å². The Bertz CT molecular complexity index is 983. The van der Waals surface area contributed by atoms with Gasteiger partial charge >= 0.3 is 0 Å². The number of hydrogen-bond acceptors (Lipinski definition) is 3. The van der Waals surface area contributed by atoms with E-state index in [0.29, 0.717) is 35.1 Å². The SMILES string of the molecule is Cc1nc2ccccn2c1C(=O)NCCCCCC(=O)Nc1ccccc1Cl. The third kappa shape index (κ3) is 4.89. The minimum Gasteiger partial charge on any atom is -0.351 e. The molecule has 1 aromatic carbocycles. The molecule has 0 saturated carbocycles. The first-order valence-corrected chi connectivity index (χ1v) is 9.70. The molecule has 0 fully saturated rings. The molecule has 3 rings (SSSR count). The third-order valence-corrected chi connectivity index (χ3v) is 4.76. The van der Waals surface area contributed by atoms with Gasteiger partial charge in [-0.2, -0.15) is 0 Å². The van der Waals surface area contributed by atoms with Crippen LogP contribution in [0.15, 0.2) is 48.7 Å². The first kappa shape index (κ1) is 19.9. The Morgan fingerprint density at radius 2 is 1.86 bits per heavy atom. The molecule has 0 aliphatic rings. The zero-order valence-electron chi connectivity index (χ0n) is 15.7. The molecule has 0 bridgehead atoms. The van der Waals surface area contributed by atoms with Gasteiger partial charge in [0.25, 0.3) is 5.91 Å². The topological polar surface area (TPSA) is 75.5 Å². The number of carbonyl (C=O) groups is 2. The van der Waals surface area contributed by atoms with Gasteiger partial charge in [-0.1, -0.05) is 36.2 Å². The minimum absolute atomic E-state index is 0.0570. The zero-order chi connectivity index (χ0) is 19.9. The molecule has 6 nitrogen and oxygen atoms in total. The summed E-state index contributed by atoms with van der Waals surface area (Å²) < 4.78 is 1.80. The molecule has 0 atom stereocenters. The summed E-state index contributed by atoms with van der Waals surface area (Å²) in [6.45, 7) is 2.39. The fourth-order valence-electron chi connectivity index (χ4n) is 3.04. The first-order chi connectivity index (χ1) is 13.6. The number of pyridine rings is 1. The van der Waals surface area contributed by atoms with Crippen molar-refractivity contribution < 1.29 is 9.59 Å². The van der Waals surface area contributed by atoms with Crippen LogP contribution in [-0.4, -0.2) is 27.7 Å². The van der Waals surface area contributed by atoms with Crippen molar-refractivity contribution in [2.45, 2.75) is 32.6 Å². The number of aromatic nitrogens is 2. The number of amides is 2. The number of nitrogens with one attached hydrogen (secondary N) is 2. The Morgan fingerprint density at radius 1 is 1.07 bits per heavy atom. The number of nitrogens with zero attached hydrogens (tertiary/aromatic N) is 2. The van der Waals surface area contributed by atoms with Crippen LogP contribution < -0.4 is 10.6 Å². The number of imidazole rings is 1. The van der Waals surface area contributed by atoms with E-state index >= 15 is 0 Å². The number of unbranched alkanes of at least 4 members (excludes halogenated alkanes) is 2. The Morgan fingerprint density at radius 3 is 2.68 bits per heavy atom. The quantitative estimate of drug-likeness (QED) is 0.557. The van der Waals surface area contributed by atoms with E-state index in [0.717, 1.165) is 24.9 Å². The second-order valence-electron chi connectivity index (χ2n) is 6.57. The van der Waals surface area contributed by atoms with Crippen molar-refractivity contribution in [3.63, 3.8) is 0 Å². The van der Waals surface area contributed by atoms with Gasteiger partial charge in [0.1, 0.15) is 11.3 Å². The highest BCUT2D eigenvalue weighted by molar-refractivity contribution is 6.33. The van der Waals surface area contributed by atoms with Crippen LogP contribution in [0.5, 0.6) is 0 Å². The summed E-state index contributed by atoms with van der Waals surface area (Å²) in [6.07, 6.45) is 4.66. The van der Waals surface area contributed by atoms with E-state index in [2.05, 4.69) is 15.6 Å². The second-order valence-corrected chi connectivity index (χ2v) is 6.98. The number of halogens is 1. The summed E-state index contributed by atoms with van der Waals surface area (Å²) in [5, 5.41) is 6.28. The Hall–Kier alpha value is -2.86. The van der Waals surface area contributed by atoms with Gasteiger partial charge in [0.2, 0.25) is 5.91 Å². The molecule has 0 saturated heterocycles. The van der Waals surface area contributed by atoms with E-state index in [1.807, 2.05) is 43.5 Å². The van der Waals surface area contributed by atoms with E-state index in [-0.39, 0.29) is 11.8 Å². The molecule has 2 aromatic heterocycles. The van der Waals surface area contributed by atoms with Crippen LogP contribution in [0.1, 0.15) is 41.9 Å². The number of hydrogen-bond donors (Lipinski definition) is 2. The van der Waals surface area contributed by atoms with Gasteiger partial charge < -0.3 is 10.6 Å². The van der Waals surface area contributed by atoms with Crippen molar-refractivity contribution in [1.82, 2.24) is 14.7 Å². The van der Waals surface area contributed by atoms with Gasteiger partial charge in [0.15, 0.2) is 0 Å². The maximum Gasteiger partial charge on any atom is 0.270 e. The molecule has 28 heavy (non-hydrogen) atoms. The normalized spacial score (nSPS) is 10.8. The summed E-state index contributed by atoms with van der Waals surface area (Å²) in [4.78, 5) is 28.8. The molecule has 2 amide bonds. The lowest BCUT2D eigenvalue weighted by atomic mass is 10.2. The fraction of sp³-hybridized carbons (Fsp3) is 0.286. The highest BCUT2D eigenvalue weighted by Gasteiger charge is 2.15. The molecule has 3 aromatic rings. The number of benzene rings is 1. The van der Waals surface area contributed by atoms with E-state index in [9.17, 15) is 9.59 Å². The Balaban J connectivity index is 1.38. The minimum atomic E-state index is -0.132. The van der Waals surface area contributed by atoms with Crippen LogP contribution in [0.4, 0.5) is 5.69 Å². The van der Waals surface area contributed by atoms with Crippen molar-refractivity contribution in [3.8, 4) is 0 Å². The van der Waals surface area contributed by atoms with Crippen molar-refractivity contribution in [1.29, 1.82) is 0 Å². The average Bonchev–Trinajstić information content (AvgIpc) is 3.02. The molecule has 0 spiro atoms. The molecule has 2 N–H and O–H groups in total.